The fraction of sp³-hybridized carbons (Fsp3) is 0.533. The summed E-state index contributed by atoms with van der Waals surface area (Å²) in [6.07, 6.45) is 3.83. The van der Waals surface area contributed by atoms with E-state index in [2.05, 4.69) is 19.2 Å². The van der Waals surface area contributed by atoms with Crippen LogP contribution in [0.3, 0.4) is 0 Å². The van der Waals surface area contributed by atoms with Crippen molar-refractivity contribution in [3.05, 3.63) is 35.9 Å². The Morgan fingerprint density at radius 2 is 2.00 bits per heavy atom. The first-order valence-electron chi connectivity index (χ1n) is 6.66. The van der Waals surface area contributed by atoms with Crippen LogP contribution in [-0.4, -0.2) is 23.2 Å². The summed E-state index contributed by atoms with van der Waals surface area (Å²) < 4.78 is 0. The van der Waals surface area contributed by atoms with Gasteiger partial charge in [-0.25, -0.2) is 0 Å². The summed E-state index contributed by atoms with van der Waals surface area (Å²) >= 11 is 0. The molecule has 1 aromatic carbocycles. The molecule has 2 N–H and O–H groups in total. The van der Waals surface area contributed by atoms with Crippen LogP contribution in [0.2, 0.25) is 0 Å². The van der Waals surface area contributed by atoms with E-state index >= 15 is 0 Å². The lowest BCUT2D eigenvalue weighted by molar-refractivity contribution is -0.139. The number of benzene rings is 1. The molecule has 0 amide bonds. The van der Waals surface area contributed by atoms with E-state index in [4.69, 9.17) is 0 Å². The summed E-state index contributed by atoms with van der Waals surface area (Å²) in [4.78, 5) is 11.3. The van der Waals surface area contributed by atoms with Crippen LogP contribution in [0.25, 0.3) is 0 Å². The van der Waals surface area contributed by atoms with Gasteiger partial charge in [0, 0.05) is 6.04 Å². The van der Waals surface area contributed by atoms with Gasteiger partial charge in [-0.3, -0.25) is 4.79 Å². The van der Waals surface area contributed by atoms with Crippen molar-refractivity contribution in [3.63, 3.8) is 0 Å². The number of carboxylic acid groups (broad SMARTS) is 1. The molecule has 0 aliphatic carbocycles. The van der Waals surface area contributed by atoms with Crippen molar-refractivity contribution in [2.45, 2.75) is 51.6 Å². The molecule has 0 aliphatic heterocycles. The molecular weight excluding hydrogens is 226 g/mol. The highest BCUT2D eigenvalue weighted by atomic mass is 16.4. The van der Waals surface area contributed by atoms with Gasteiger partial charge >= 0.3 is 5.97 Å². The minimum Gasteiger partial charge on any atom is -0.480 e. The molecule has 18 heavy (non-hydrogen) atoms. The third-order valence-corrected chi connectivity index (χ3v) is 3.06. The quantitative estimate of drug-likeness (QED) is 0.745. The smallest absolute Gasteiger partial charge is 0.321 e. The first-order valence-corrected chi connectivity index (χ1v) is 6.66. The first-order chi connectivity index (χ1) is 8.63. The Morgan fingerprint density at radius 1 is 1.33 bits per heavy atom. The summed E-state index contributed by atoms with van der Waals surface area (Å²) in [7, 11) is 0. The maximum Gasteiger partial charge on any atom is 0.321 e. The van der Waals surface area contributed by atoms with Crippen LogP contribution in [0, 0.1) is 0 Å². The number of hydrogen-bond acceptors (Lipinski definition) is 2. The van der Waals surface area contributed by atoms with Crippen LogP contribution in [0.5, 0.6) is 0 Å². The van der Waals surface area contributed by atoms with Gasteiger partial charge in [-0.15, -0.1) is 0 Å². The molecule has 0 saturated heterocycles. The normalized spacial score (nSPS) is 14.1. The van der Waals surface area contributed by atoms with Crippen molar-refractivity contribution in [1.29, 1.82) is 0 Å². The number of unbranched alkanes of at least 4 members (excludes halogenated alkanes) is 1. The predicted molar refractivity (Wildman–Crippen MR) is 73.7 cm³/mol. The highest BCUT2D eigenvalue weighted by Crippen LogP contribution is 2.06. The zero-order chi connectivity index (χ0) is 13.4. The molecule has 3 nitrogen and oxygen atoms in total. The largest absolute Gasteiger partial charge is 0.480 e. The third kappa shape index (κ3) is 5.32. The highest BCUT2D eigenvalue weighted by molar-refractivity contribution is 5.74. The topological polar surface area (TPSA) is 49.3 Å². The van der Waals surface area contributed by atoms with Crippen LogP contribution >= 0.6 is 0 Å². The highest BCUT2D eigenvalue weighted by Gasteiger charge is 2.19. The minimum atomic E-state index is -0.776. The number of carboxylic acids is 1. The molecule has 100 valence electrons. The molecule has 1 rings (SSSR count). The van der Waals surface area contributed by atoms with Gasteiger partial charge < -0.3 is 10.4 Å². The number of rotatable bonds is 8. The van der Waals surface area contributed by atoms with E-state index in [0.29, 0.717) is 6.42 Å². The molecule has 2 atom stereocenters. The monoisotopic (exact) mass is 249 g/mol. The van der Waals surface area contributed by atoms with E-state index in [1.54, 1.807) is 0 Å². The van der Waals surface area contributed by atoms with Crippen LogP contribution < -0.4 is 5.32 Å². The van der Waals surface area contributed by atoms with Crippen molar-refractivity contribution < 1.29 is 9.90 Å². The average Bonchev–Trinajstić information content (AvgIpc) is 2.36. The van der Waals surface area contributed by atoms with Gasteiger partial charge in [0.25, 0.3) is 0 Å². The molecule has 1 unspecified atom stereocenters. The standard InChI is InChI=1S/C15H23NO2/c1-3-4-8-12(2)16-14(15(17)18)11-13-9-6-5-7-10-13/h5-7,9-10,12,14,16H,3-4,8,11H2,1-2H3,(H,17,18)/t12?,14-/m0/s1. The van der Waals surface area contributed by atoms with Crippen LogP contribution in [0.15, 0.2) is 30.3 Å². The summed E-state index contributed by atoms with van der Waals surface area (Å²) in [6, 6.07) is 9.50. The van der Waals surface area contributed by atoms with Gasteiger partial charge in [0.2, 0.25) is 0 Å². The summed E-state index contributed by atoms with van der Waals surface area (Å²) in [5.74, 6) is -0.776. The van der Waals surface area contributed by atoms with Crippen LogP contribution in [0.4, 0.5) is 0 Å². The lowest BCUT2D eigenvalue weighted by Gasteiger charge is -2.20. The van der Waals surface area contributed by atoms with Gasteiger partial charge in [0.1, 0.15) is 6.04 Å². The van der Waals surface area contributed by atoms with Crippen molar-refractivity contribution in [1.82, 2.24) is 5.32 Å². The van der Waals surface area contributed by atoms with Crippen LogP contribution in [0.1, 0.15) is 38.7 Å². The fourth-order valence-electron chi connectivity index (χ4n) is 2.00. The lowest BCUT2D eigenvalue weighted by Crippen LogP contribution is -2.43. The van der Waals surface area contributed by atoms with Crippen molar-refractivity contribution in [2.75, 3.05) is 0 Å². The molecule has 0 heterocycles. The van der Waals surface area contributed by atoms with Crippen LogP contribution in [-0.2, 0) is 11.2 Å². The number of nitrogens with one attached hydrogen (secondary N) is 1. The Labute approximate surface area is 109 Å². The SMILES string of the molecule is CCCCC(C)N[C@@H](Cc1ccccc1)C(=O)O. The molecule has 0 fully saturated rings. The van der Waals surface area contributed by atoms with Gasteiger partial charge in [-0.05, 0) is 25.3 Å². The second-order valence-electron chi connectivity index (χ2n) is 4.79. The van der Waals surface area contributed by atoms with E-state index < -0.39 is 12.0 Å². The molecule has 0 radical (unpaired) electrons. The maximum absolute atomic E-state index is 11.3. The second kappa shape index (κ2) is 7.88. The van der Waals surface area contributed by atoms with E-state index in [-0.39, 0.29) is 6.04 Å². The van der Waals surface area contributed by atoms with Crippen molar-refractivity contribution in [2.24, 2.45) is 0 Å². The summed E-state index contributed by atoms with van der Waals surface area (Å²) in [5, 5.41) is 12.4. The molecule has 0 saturated carbocycles. The molecule has 3 heteroatoms. The second-order valence-corrected chi connectivity index (χ2v) is 4.79. The molecular formula is C15H23NO2. The van der Waals surface area contributed by atoms with Gasteiger partial charge in [0.05, 0.1) is 0 Å². The molecule has 1 aromatic rings. The van der Waals surface area contributed by atoms with E-state index in [0.717, 1.165) is 24.8 Å². The number of hydrogen-bond donors (Lipinski definition) is 2. The van der Waals surface area contributed by atoms with E-state index in [1.165, 1.54) is 0 Å². The first kappa shape index (κ1) is 14.7. The fourth-order valence-corrected chi connectivity index (χ4v) is 2.00. The minimum absolute atomic E-state index is 0.245. The molecule has 0 spiro atoms. The van der Waals surface area contributed by atoms with Gasteiger partial charge in [0.15, 0.2) is 0 Å². The lowest BCUT2D eigenvalue weighted by atomic mass is 10.0. The van der Waals surface area contributed by atoms with Gasteiger partial charge in [-0.2, -0.15) is 0 Å². The Kier molecular flexibility index (Phi) is 6.44. The van der Waals surface area contributed by atoms with Crippen molar-refractivity contribution >= 4 is 5.97 Å². The van der Waals surface area contributed by atoms with E-state index in [9.17, 15) is 9.90 Å². The summed E-state index contributed by atoms with van der Waals surface area (Å²) in [6.45, 7) is 4.20. The Hall–Kier alpha value is -1.35. The Morgan fingerprint density at radius 3 is 2.56 bits per heavy atom. The molecule has 0 bridgehead atoms. The zero-order valence-electron chi connectivity index (χ0n) is 11.2. The number of carbonyl (C=O) groups is 1. The summed E-state index contributed by atoms with van der Waals surface area (Å²) in [5.41, 5.74) is 1.06. The molecule has 0 aromatic heterocycles. The van der Waals surface area contributed by atoms with Crippen molar-refractivity contribution in [3.8, 4) is 0 Å². The Bertz CT molecular complexity index is 351. The maximum atomic E-state index is 11.3. The number of aliphatic carboxylic acids is 1. The van der Waals surface area contributed by atoms with Gasteiger partial charge in [-0.1, -0.05) is 50.1 Å². The molecule has 0 aliphatic rings. The van der Waals surface area contributed by atoms with E-state index in [1.807, 2.05) is 30.3 Å². The zero-order valence-corrected chi connectivity index (χ0v) is 11.2. The average molecular weight is 249 g/mol. The Balaban J connectivity index is 2.52. The third-order valence-electron chi connectivity index (χ3n) is 3.06. The predicted octanol–water partition coefficient (Wildman–Crippen LogP) is 2.85.